The van der Waals surface area contributed by atoms with Crippen LogP contribution in [-0.2, 0) is 14.4 Å². The van der Waals surface area contributed by atoms with Crippen LogP contribution in [-0.4, -0.2) is 41.4 Å². The van der Waals surface area contributed by atoms with Crippen molar-refractivity contribution >= 4 is 28.6 Å². The number of carboxylic acids is 1. The lowest BCUT2D eigenvalue weighted by Crippen LogP contribution is -2.36. The zero-order valence-electron chi connectivity index (χ0n) is 13.9. The van der Waals surface area contributed by atoms with Gasteiger partial charge in [0.05, 0.1) is 18.4 Å². The first kappa shape index (κ1) is 17.0. The summed E-state index contributed by atoms with van der Waals surface area (Å²) in [4.78, 5) is 37.0. The van der Waals surface area contributed by atoms with Crippen LogP contribution in [0, 0.1) is 5.92 Å². The minimum Gasteiger partial charge on any atom is -0.481 e. The molecule has 2 aromatic carbocycles. The minimum absolute atomic E-state index is 0.0694. The maximum Gasteiger partial charge on any atom is 0.305 e. The quantitative estimate of drug-likeness (QED) is 0.871. The number of rotatable bonds is 5. The van der Waals surface area contributed by atoms with Gasteiger partial charge >= 0.3 is 5.97 Å². The molecule has 6 nitrogen and oxygen atoms in total. The van der Waals surface area contributed by atoms with Crippen LogP contribution in [0.15, 0.2) is 42.5 Å². The Morgan fingerprint density at radius 2 is 1.96 bits per heavy atom. The van der Waals surface area contributed by atoms with E-state index in [9.17, 15) is 19.5 Å². The van der Waals surface area contributed by atoms with Crippen molar-refractivity contribution < 1.29 is 19.5 Å². The van der Waals surface area contributed by atoms with Crippen LogP contribution >= 0.6 is 0 Å². The highest BCUT2D eigenvalue weighted by molar-refractivity contribution is 5.91. The van der Waals surface area contributed by atoms with E-state index < -0.39 is 17.9 Å². The maximum absolute atomic E-state index is 12.6. The lowest BCUT2D eigenvalue weighted by molar-refractivity contribution is -0.138. The van der Waals surface area contributed by atoms with E-state index >= 15 is 0 Å². The number of likely N-dealkylation sites (tertiary alicyclic amines) is 1. The number of hydrogen-bond donors (Lipinski definition) is 2. The SMILES string of the molecule is CN1CC(C(=O)N[C@H](CC(=O)O)c2cccc3ccccc23)CC1=O. The molecule has 1 unspecified atom stereocenters. The second-order valence-corrected chi connectivity index (χ2v) is 6.40. The molecule has 1 aliphatic heterocycles. The van der Waals surface area contributed by atoms with Crippen molar-refractivity contribution in [3.05, 3.63) is 48.0 Å². The van der Waals surface area contributed by atoms with Crippen molar-refractivity contribution in [1.82, 2.24) is 10.2 Å². The van der Waals surface area contributed by atoms with Crippen LogP contribution in [0.5, 0.6) is 0 Å². The fourth-order valence-corrected chi connectivity index (χ4v) is 3.30. The fraction of sp³-hybridized carbons (Fsp3) is 0.316. The molecule has 2 aromatic rings. The van der Waals surface area contributed by atoms with Gasteiger partial charge in [-0.25, -0.2) is 0 Å². The van der Waals surface area contributed by atoms with Gasteiger partial charge in [-0.2, -0.15) is 0 Å². The second kappa shape index (κ2) is 6.93. The van der Waals surface area contributed by atoms with Gasteiger partial charge in [0.2, 0.25) is 11.8 Å². The Hall–Kier alpha value is -2.89. The number of carbonyl (C=O) groups excluding carboxylic acids is 2. The Bertz CT molecular complexity index is 828. The van der Waals surface area contributed by atoms with Crippen molar-refractivity contribution in [1.29, 1.82) is 0 Å². The molecule has 0 aromatic heterocycles. The summed E-state index contributed by atoms with van der Waals surface area (Å²) in [5.41, 5.74) is 0.770. The monoisotopic (exact) mass is 340 g/mol. The van der Waals surface area contributed by atoms with Crippen molar-refractivity contribution in [3.63, 3.8) is 0 Å². The first-order valence-corrected chi connectivity index (χ1v) is 8.19. The molecular formula is C19H20N2O4. The third kappa shape index (κ3) is 3.63. The van der Waals surface area contributed by atoms with Gasteiger partial charge in [-0.15, -0.1) is 0 Å². The van der Waals surface area contributed by atoms with Gasteiger partial charge in [-0.1, -0.05) is 42.5 Å². The smallest absolute Gasteiger partial charge is 0.305 e. The molecule has 6 heteroatoms. The number of benzene rings is 2. The van der Waals surface area contributed by atoms with Gasteiger partial charge in [0.25, 0.3) is 0 Å². The van der Waals surface area contributed by atoms with Gasteiger partial charge in [-0.3, -0.25) is 14.4 Å². The molecule has 1 aliphatic rings. The Kier molecular flexibility index (Phi) is 4.70. The fourth-order valence-electron chi connectivity index (χ4n) is 3.30. The molecule has 0 spiro atoms. The maximum atomic E-state index is 12.6. The van der Waals surface area contributed by atoms with Crippen LogP contribution in [0.2, 0.25) is 0 Å². The first-order valence-electron chi connectivity index (χ1n) is 8.19. The number of fused-ring (bicyclic) bond motifs is 1. The second-order valence-electron chi connectivity index (χ2n) is 6.40. The number of aliphatic carboxylic acids is 1. The Morgan fingerprint density at radius 1 is 1.24 bits per heavy atom. The van der Waals surface area contributed by atoms with E-state index in [0.29, 0.717) is 6.54 Å². The lowest BCUT2D eigenvalue weighted by Gasteiger charge is -2.21. The Morgan fingerprint density at radius 3 is 2.64 bits per heavy atom. The number of carbonyl (C=O) groups is 3. The van der Waals surface area contributed by atoms with Crippen molar-refractivity contribution in [2.24, 2.45) is 5.92 Å². The van der Waals surface area contributed by atoms with Crippen molar-refractivity contribution in [2.45, 2.75) is 18.9 Å². The molecule has 0 radical (unpaired) electrons. The van der Waals surface area contributed by atoms with Crippen molar-refractivity contribution in [2.75, 3.05) is 13.6 Å². The van der Waals surface area contributed by atoms with E-state index in [1.807, 2.05) is 42.5 Å². The van der Waals surface area contributed by atoms with Crippen LogP contribution in [0.25, 0.3) is 10.8 Å². The molecule has 130 valence electrons. The average Bonchev–Trinajstić information content (AvgIpc) is 2.92. The van der Waals surface area contributed by atoms with E-state index in [2.05, 4.69) is 5.32 Å². The summed E-state index contributed by atoms with van der Waals surface area (Å²) in [6.45, 7) is 0.361. The summed E-state index contributed by atoms with van der Waals surface area (Å²) in [6.07, 6.45) is -0.0477. The van der Waals surface area contributed by atoms with Gasteiger partial charge in [0.1, 0.15) is 0 Å². The molecule has 2 N–H and O–H groups in total. The molecular weight excluding hydrogens is 320 g/mol. The molecule has 1 fully saturated rings. The highest BCUT2D eigenvalue weighted by Gasteiger charge is 2.33. The molecule has 0 bridgehead atoms. The van der Waals surface area contributed by atoms with Gasteiger partial charge in [0, 0.05) is 20.0 Å². The van der Waals surface area contributed by atoms with Crippen LogP contribution in [0.4, 0.5) is 0 Å². The van der Waals surface area contributed by atoms with E-state index in [1.54, 1.807) is 7.05 Å². The molecule has 1 heterocycles. The molecule has 2 amide bonds. The molecule has 1 saturated heterocycles. The number of nitrogens with zero attached hydrogens (tertiary/aromatic N) is 1. The van der Waals surface area contributed by atoms with E-state index in [1.165, 1.54) is 4.90 Å². The van der Waals surface area contributed by atoms with Gasteiger partial charge in [0.15, 0.2) is 0 Å². The topological polar surface area (TPSA) is 86.7 Å². The van der Waals surface area contributed by atoms with Gasteiger partial charge in [-0.05, 0) is 16.3 Å². The number of nitrogens with one attached hydrogen (secondary N) is 1. The predicted molar refractivity (Wildman–Crippen MR) is 92.8 cm³/mol. The Labute approximate surface area is 145 Å². The van der Waals surface area contributed by atoms with Crippen LogP contribution in [0.3, 0.4) is 0 Å². The summed E-state index contributed by atoms with van der Waals surface area (Å²) in [7, 11) is 1.66. The number of amides is 2. The van der Waals surface area contributed by atoms with E-state index in [4.69, 9.17) is 0 Å². The molecule has 3 rings (SSSR count). The van der Waals surface area contributed by atoms with Crippen LogP contribution < -0.4 is 5.32 Å². The Balaban J connectivity index is 1.88. The highest BCUT2D eigenvalue weighted by atomic mass is 16.4. The predicted octanol–water partition coefficient (Wildman–Crippen LogP) is 1.95. The summed E-state index contributed by atoms with van der Waals surface area (Å²) in [6, 6.07) is 12.7. The van der Waals surface area contributed by atoms with Crippen LogP contribution in [0.1, 0.15) is 24.4 Å². The third-order valence-corrected chi connectivity index (χ3v) is 4.61. The molecule has 2 atom stereocenters. The number of carboxylic acid groups (broad SMARTS) is 1. The summed E-state index contributed by atoms with van der Waals surface area (Å²) >= 11 is 0. The number of hydrogen-bond acceptors (Lipinski definition) is 3. The normalized spacial score (nSPS) is 18.4. The highest BCUT2D eigenvalue weighted by Crippen LogP contribution is 2.27. The molecule has 25 heavy (non-hydrogen) atoms. The van der Waals surface area contributed by atoms with E-state index in [0.717, 1.165) is 16.3 Å². The minimum atomic E-state index is -0.988. The average molecular weight is 340 g/mol. The van der Waals surface area contributed by atoms with E-state index in [-0.39, 0.29) is 24.7 Å². The standard InChI is InChI=1S/C19H20N2O4/c1-21-11-13(9-17(21)22)19(25)20-16(10-18(23)24)15-8-4-6-12-5-2-3-7-14(12)15/h2-8,13,16H,9-11H2,1H3,(H,20,25)(H,23,24)/t13?,16-/m1/s1. The summed E-state index contributed by atoms with van der Waals surface area (Å²) < 4.78 is 0. The third-order valence-electron chi connectivity index (χ3n) is 4.61. The molecule has 0 aliphatic carbocycles. The van der Waals surface area contributed by atoms with Gasteiger partial charge < -0.3 is 15.3 Å². The largest absolute Gasteiger partial charge is 0.481 e. The zero-order chi connectivity index (χ0) is 18.0. The first-order chi connectivity index (χ1) is 12.0. The molecule has 0 saturated carbocycles. The lowest BCUT2D eigenvalue weighted by atomic mass is 9.96. The summed E-state index contributed by atoms with van der Waals surface area (Å²) in [5.74, 6) is -1.78. The summed E-state index contributed by atoms with van der Waals surface area (Å²) in [5, 5.41) is 14.0. The zero-order valence-corrected chi connectivity index (χ0v) is 13.9. The van der Waals surface area contributed by atoms with Crippen molar-refractivity contribution in [3.8, 4) is 0 Å².